The van der Waals surface area contributed by atoms with Gasteiger partial charge in [-0.2, -0.15) is 0 Å². The Morgan fingerprint density at radius 1 is 1.38 bits per heavy atom. The molecule has 0 aliphatic heterocycles. The van der Waals surface area contributed by atoms with Gasteiger partial charge in [0.15, 0.2) is 9.84 Å². The highest BCUT2D eigenvalue weighted by Crippen LogP contribution is 2.08. The van der Waals surface area contributed by atoms with E-state index in [1.54, 1.807) is 13.8 Å². The van der Waals surface area contributed by atoms with Crippen molar-refractivity contribution in [2.24, 2.45) is 0 Å². The molecule has 0 aromatic rings. The second-order valence-corrected chi connectivity index (χ2v) is 4.59. The van der Waals surface area contributed by atoms with Gasteiger partial charge in [0.05, 0.1) is 12.4 Å². The summed E-state index contributed by atoms with van der Waals surface area (Å²) in [6.07, 6.45) is 0.459. The van der Waals surface area contributed by atoms with Gasteiger partial charge in [0, 0.05) is 0 Å². The van der Waals surface area contributed by atoms with Crippen molar-refractivity contribution >= 4 is 15.8 Å². The molecular formula is C8H14O4S. The third-order valence-corrected chi connectivity index (χ3v) is 3.21. The minimum Gasteiger partial charge on any atom is -0.462 e. The number of carbonyl (C=O) groups excluding carboxylic acids is 1. The second-order valence-electron chi connectivity index (χ2n) is 2.46. The molecule has 0 fully saturated rings. The van der Waals surface area contributed by atoms with Gasteiger partial charge < -0.3 is 4.74 Å². The first kappa shape index (κ1) is 12.2. The van der Waals surface area contributed by atoms with E-state index in [1.807, 2.05) is 0 Å². The lowest BCUT2D eigenvalue weighted by Crippen LogP contribution is -2.17. The normalized spacial score (nSPS) is 10.9. The van der Waals surface area contributed by atoms with Crippen LogP contribution in [0.3, 0.4) is 0 Å². The maximum Gasteiger partial charge on any atom is 0.349 e. The number of hydrogen-bond acceptors (Lipinski definition) is 4. The van der Waals surface area contributed by atoms with Gasteiger partial charge in [0.25, 0.3) is 0 Å². The molecule has 0 aromatic heterocycles. The smallest absolute Gasteiger partial charge is 0.349 e. The van der Waals surface area contributed by atoms with Gasteiger partial charge in [-0.25, -0.2) is 13.2 Å². The van der Waals surface area contributed by atoms with Gasteiger partial charge in [-0.15, -0.1) is 0 Å². The number of hydrogen-bond donors (Lipinski definition) is 0. The lowest BCUT2D eigenvalue weighted by atomic mass is 10.6. The molecule has 0 saturated carbocycles. The predicted octanol–water partition coefficient (Wildman–Crippen LogP) is 0.888. The molecule has 0 heterocycles. The van der Waals surface area contributed by atoms with Crippen molar-refractivity contribution in [1.29, 1.82) is 0 Å². The summed E-state index contributed by atoms with van der Waals surface area (Å²) in [5.74, 6) is -0.916. The van der Waals surface area contributed by atoms with E-state index in [-0.39, 0.29) is 12.4 Å². The highest BCUT2D eigenvalue weighted by Gasteiger charge is 2.22. The molecule has 0 spiro atoms. The lowest BCUT2D eigenvalue weighted by molar-refractivity contribution is -0.137. The number of carbonyl (C=O) groups is 1. The summed E-state index contributed by atoms with van der Waals surface area (Å²) in [6, 6.07) is 0. The third-order valence-electron chi connectivity index (χ3n) is 1.35. The summed E-state index contributed by atoms with van der Waals surface area (Å²) in [5.41, 5.74) is 0. The molecule has 0 aliphatic carbocycles. The van der Waals surface area contributed by atoms with E-state index in [0.29, 0.717) is 6.42 Å². The average Bonchev–Trinajstić information content (AvgIpc) is 2.03. The Bertz CT molecular complexity index is 289. The predicted molar refractivity (Wildman–Crippen MR) is 49.9 cm³/mol. The minimum atomic E-state index is -3.50. The standard InChI is InChI=1S/C8H14O4S/c1-4-6-13(10,11)7(3)8(9)12-5-2/h3-6H2,1-2H3. The lowest BCUT2D eigenvalue weighted by Gasteiger charge is -2.04. The van der Waals surface area contributed by atoms with E-state index in [9.17, 15) is 13.2 Å². The summed E-state index contributed by atoms with van der Waals surface area (Å²) in [4.78, 5) is 10.5. The van der Waals surface area contributed by atoms with E-state index in [2.05, 4.69) is 11.3 Å². The third kappa shape index (κ3) is 3.59. The molecule has 0 aromatic carbocycles. The fraction of sp³-hybridized carbons (Fsp3) is 0.625. The molecule has 4 nitrogen and oxygen atoms in total. The van der Waals surface area contributed by atoms with Gasteiger partial charge in [0.2, 0.25) is 0 Å². The van der Waals surface area contributed by atoms with Gasteiger partial charge in [-0.05, 0) is 13.3 Å². The molecule has 0 saturated heterocycles. The maximum absolute atomic E-state index is 11.2. The number of ether oxygens (including phenoxy) is 1. The van der Waals surface area contributed by atoms with Crippen molar-refractivity contribution in [3.05, 3.63) is 11.5 Å². The SMILES string of the molecule is C=C(C(=O)OCC)S(=O)(=O)CCC. The summed E-state index contributed by atoms with van der Waals surface area (Å²) in [5, 5.41) is 0. The van der Waals surface area contributed by atoms with Crippen LogP contribution in [0, 0.1) is 0 Å². The van der Waals surface area contributed by atoms with Crippen LogP contribution in [0.15, 0.2) is 11.5 Å². The zero-order valence-corrected chi connectivity index (χ0v) is 8.69. The number of rotatable bonds is 5. The first-order chi connectivity index (χ1) is 5.95. The Labute approximate surface area is 78.5 Å². The van der Waals surface area contributed by atoms with Crippen LogP contribution in [0.4, 0.5) is 0 Å². The van der Waals surface area contributed by atoms with Crippen LogP contribution < -0.4 is 0 Å². The van der Waals surface area contributed by atoms with Crippen molar-refractivity contribution in [3.8, 4) is 0 Å². The maximum atomic E-state index is 11.2. The highest BCUT2D eigenvalue weighted by molar-refractivity contribution is 7.96. The molecule has 0 bridgehead atoms. The summed E-state index contributed by atoms with van der Waals surface area (Å²) >= 11 is 0. The van der Waals surface area contributed by atoms with Crippen molar-refractivity contribution < 1.29 is 17.9 Å². The quantitative estimate of drug-likeness (QED) is 0.495. The van der Waals surface area contributed by atoms with E-state index >= 15 is 0 Å². The molecule has 0 amide bonds. The fourth-order valence-electron chi connectivity index (χ4n) is 0.730. The Balaban J connectivity index is 4.51. The molecule has 76 valence electrons. The number of sulfone groups is 1. The number of esters is 1. The Hall–Kier alpha value is -0.840. The van der Waals surface area contributed by atoms with Crippen LogP contribution in [0.1, 0.15) is 20.3 Å². The van der Waals surface area contributed by atoms with E-state index in [1.165, 1.54) is 0 Å². The molecular weight excluding hydrogens is 192 g/mol. The van der Waals surface area contributed by atoms with Crippen molar-refractivity contribution in [2.45, 2.75) is 20.3 Å². The van der Waals surface area contributed by atoms with Gasteiger partial charge >= 0.3 is 5.97 Å². The molecule has 13 heavy (non-hydrogen) atoms. The second kappa shape index (κ2) is 5.01. The van der Waals surface area contributed by atoms with Crippen LogP contribution in [0.2, 0.25) is 0 Å². The zero-order valence-electron chi connectivity index (χ0n) is 7.87. The molecule has 0 atom stereocenters. The highest BCUT2D eigenvalue weighted by atomic mass is 32.2. The monoisotopic (exact) mass is 206 g/mol. The summed E-state index contributed by atoms with van der Waals surface area (Å²) < 4.78 is 27.0. The van der Waals surface area contributed by atoms with Gasteiger partial charge in [-0.1, -0.05) is 13.5 Å². The summed E-state index contributed by atoms with van der Waals surface area (Å²) in [7, 11) is -3.50. The topological polar surface area (TPSA) is 60.4 Å². The first-order valence-corrected chi connectivity index (χ1v) is 5.69. The van der Waals surface area contributed by atoms with Crippen LogP contribution in [-0.4, -0.2) is 26.7 Å². The van der Waals surface area contributed by atoms with Crippen LogP contribution >= 0.6 is 0 Å². The van der Waals surface area contributed by atoms with Gasteiger partial charge in [0.1, 0.15) is 4.91 Å². The van der Waals surface area contributed by atoms with Crippen molar-refractivity contribution in [2.75, 3.05) is 12.4 Å². The Morgan fingerprint density at radius 2 is 1.92 bits per heavy atom. The first-order valence-electron chi connectivity index (χ1n) is 4.04. The fourth-order valence-corrected chi connectivity index (χ4v) is 1.83. The minimum absolute atomic E-state index is 0.0648. The molecule has 5 heteroatoms. The largest absolute Gasteiger partial charge is 0.462 e. The average molecular weight is 206 g/mol. The molecule has 0 aliphatic rings. The Morgan fingerprint density at radius 3 is 2.31 bits per heavy atom. The molecule has 0 N–H and O–H groups in total. The van der Waals surface area contributed by atoms with Crippen LogP contribution in [-0.2, 0) is 19.4 Å². The van der Waals surface area contributed by atoms with E-state index in [0.717, 1.165) is 0 Å². The molecule has 0 rings (SSSR count). The molecule has 0 unspecified atom stereocenters. The van der Waals surface area contributed by atoms with Crippen molar-refractivity contribution in [3.63, 3.8) is 0 Å². The van der Waals surface area contributed by atoms with Crippen molar-refractivity contribution in [1.82, 2.24) is 0 Å². The summed E-state index contributed by atoms with van der Waals surface area (Å²) in [6.45, 7) is 6.68. The molecule has 0 radical (unpaired) electrons. The van der Waals surface area contributed by atoms with Crippen LogP contribution in [0.5, 0.6) is 0 Å². The van der Waals surface area contributed by atoms with E-state index < -0.39 is 20.7 Å². The zero-order chi connectivity index (χ0) is 10.5. The Kier molecular flexibility index (Phi) is 4.69. The van der Waals surface area contributed by atoms with Gasteiger partial charge in [-0.3, -0.25) is 0 Å². The van der Waals surface area contributed by atoms with Crippen LogP contribution in [0.25, 0.3) is 0 Å². The van der Waals surface area contributed by atoms with E-state index in [4.69, 9.17) is 0 Å².